The number of pyridine rings is 1. The van der Waals surface area contributed by atoms with E-state index in [9.17, 15) is 0 Å². The second kappa shape index (κ2) is 4.73. The number of aryl methyl sites for hydroxylation is 1. The second-order valence-corrected chi connectivity index (χ2v) is 4.72. The van der Waals surface area contributed by atoms with Crippen molar-refractivity contribution in [3.8, 4) is 11.3 Å². The van der Waals surface area contributed by atoms with E-state index >= 15 is 0 Å². The molecule has 1 N–H and O–H groups in total. The van der Waals surface area contributed by atoms with Crippen molar-refractivity contribution in [1.29, 1.82) is 0 Å². The maximum absolute atomic E-state index is 4.72. The highest BCUT2D eigenvalue weighted by Crippen LogP contribution is 2.23. The van der Waals surface area contributed by atoms with Gasteiger partial charge in [0.15, 0.2) is 0 Å². The van der Waals surface area contributed by atoms with Crippen molar-refractivity contribution in [2.75, 3.05) is 12.4 Å². The molecule has 0 aliphatic carbocycles. The first kappa shape index (κ1) is 11.7. The lowest BCUT2D eigenvalue weighted by atomic mass is 10.1. The molecule has 2 aromatic carbocycles. The van der Waals surface area contributed by atoms with Gasteiger partial charge in [-0.3, -0.25) is 0 Å². The quantitative estimate of drug-likeness (QED) is 0.733. The molecular formula is C17H16N2. The van der Waals surface area contributed by atoms with E-state index in [-0.39, 0.29) is 0 Å². The van der Waals surface area contributed by atoms with E-state index in [1.807, 2.05) is 7.05 Å². The molecule has 1 aromatic heterocycles. The van der Waals surface area contributed by atoms with Crippen LogP contribution in [0.15, 0.2) is 54.6 Å². The van der Waals surface area contributed by atoms with Gasteiger partial charge in [0.05, 0.1) is 11.2 Å². The average molecular weight is 248 g/mol. The van der Waals surface area contributed by atoms with Gasteiger partial charge in [-0.15, -0.1) is 0 Å². The Kier molecular flexibility index (Phi) is 2.92. The van der Waals surface area contributed by atoms with Crippen LogP contribution in [0, 0.1) is 6.92 Å². The van der Waals surface area contributed by atoms with Gasteiger partial charge in [-0.2, -0.15) is 0 Å². The molecule has 0 spiro atoms. The largest absolute Gasteiger partial charge is 0.388 e. The summed E-state index contributed by atoms with van der Waals surface area (Å²) in [5.41, 5.74) is 5.57. The number of aromatic nitrogens is 1. The predicted molar refractivity (Wildman–Crippen MR) is 81.5 cm³/mol. The molecule has 2 heteroatoms. The smallest absolute Gasteiger partial charge is 0.0709 e. The van der Waals surface area contributed by atoms with Crippen LogP contribution in [0.1, 0.15) is 5.56 Å². The lowest BCUT2D eigenvalue weighted by Crippen LogP contribution is -1.89. The minimum atomic E-state index is 1.01. The topological polar surface area (TPSA) is 24.9 Å². The summed E-state index contributed by atoms with van der Waals surface area (Å²) in [4.78, 5) is 4.72. The Morgan fingerprint density at radius 3 is 2.42 bits per heavy atom. The fourth-order valence-electron chi connectivity index (χ4n) is 2.21. The second-order valence-electron chi connectivity index (χ2n) is 4.72. The van der Waals surface area contributed by atoms with Crippen molar-refractivity contribution in [1.82, 2.24) is 4.98 Å². The molecule has 3 aromatic rings. The summed E-state index contributed by atoms with van der Waals surface area (Å²) in [5.74, 6) is 0. The van der Waals surface area contributed by atoms with Crippen molar-refractivity contribution in [2.24, 2.45) is 0 Å². The molecule has 0 amide bonds. The van der Waals surface area contributed by atoms with Crippen LogP contribution in [-0.2, 0) is 0 Å². The number of hydrogen-bond donors (Lipinski definition) is 1. The van der Waals surface area contributed by atoms with Gasteiger partial charge >= 0.3 is 0 Å². The van der Waals surface area contributed by atoms with Gasteiger partial charge in [-0.05, 0) is 37.3 Å². The first-order valence-corrected chi connectivity index (χ1v) is 6.42. The molecule has 0 saturated heterocycles. The van der Waals surface area contributed by atoms with Crippen molar-refractivity contribution in [3.63, 3.8) is 0 Å². The molecule has 0 radical (unpaired) electrons. The Hall–Kier alpha value is -2.35. The summed E-state index contributed by atoms with van der Waals surface area (Å²) < 4.78 is 0. The van der Waals surface area contributed by atoms with Gasteiger partial charge in [0, 0.05) is 23.7 Å². The lowest BCUT2D eigenvalue weighted by Gasteiger charge is -2.05. The molecule has 0 atom stereocenters. The zero-order valence-electron chi connectivity index (χ0n) is 11.1. The minimum absolute atomic E-state index is 1.01. The first-order valence-electron chi connectivity index (χ1n) is 6.42. The first-order chi connectivity index (χ1) is 9.26. The standard InChI is InChI=1S/C17H16N2/c1-12-3-9-17-14(11-12)6-10-16(19-17)13-4-7-15(18-2)8-5-13/h3-11,18H,1-2H3. The SMILES string of the molecule is CNc1ccc(-c2ccc3cc(C)ccc3n2)cc1. The van der Waals surface area contributed by atoms with E-state index in [1.54, 1.807) is 0 Å². The van der Waals surface area contributed by atoms with Crippen LogP contribution >= 0.6 is 0 Å². The Labute approximate surface area is 113 Å². The highest BCUT2D eigenvalue weighted by atomic mass is 14.8. The Bertz CT molecular complexity index is 715. The fraction of sp³-hybridized carbons (Fsp3) is 0.118. The van der Waals surface area contributed by atoms with Gasteiger partial charge in [-0.25, -0.2) is 4.98 Å². The summed E-state index contributed by atoms with van der Waals surface area (Å²) in [5, 5.41) is 4.31. The van der Waals surface area contributed by atoms with Crippen LogP contribution in [0.3, 0.4) is 0 Å². The Morgan fingerprint density at radius 1 is 0.895 bits per heavy atom. The zero-order chi connectivity index (χ0) is 13.2. The summed E-state index contributed by atoms with van der Waals surface area (Å²) in [6.45, 7) is 2.10. The van der Waals surface area contributed by atoms with E-state index in [4.69, 9.17) is 4.98 Å². The fourth-order valence-corrected chi connectivity index (χ4v) is 2.21. The molecule has 94 valence electrons. The number of nitrogens with zero attached hydrogens (tertiary/aromatic N) is 1. The number of fused-ring (bicyclic) bond motifs is 1. The number of nitrogens with one attached hydrogen (secondary N) is 1. The number of anilines is 1. The molecule has 0 fully saturated rings. The van der Waals surface area contributed by atoms with Crippen LogP contribution in [0.5, 0.6) is 0 Å². The Balaban J connectivity index is 2.06. The third-order valence-electron chi connectivity index (χ3n) is 3.31. The number of hydrogen-bond acceptors (Lipinski definition) is 2. The molecule has 1 heterocycles. The van der Waals surface area contributed by atoms with Crippen molar-refractivity contribution >= 4 is 16.6 Å². The average Bonchev–Trinajstić information content (AvgIpc) is 2.47. The highest BCUT2D eigenvalue weighted by molar-refractivity contribution is 5.82. The monoisotopic (exact) mass is 248 g/mol. The van der Waals surface area contributed by atoms with Crippen LogP contribution in [-0.4, -0.2) is 12.0 Å². The maximum atomic E-state index is 4.72. The molecule has 0 aliphatic rings. The van der Waals surface area contributed by atoms with Crippen LogP contribution in [0.2, 0.25) is 0 Å². The van der Waals surface area contributed by atoms with Crippen LogP contribution in [0.25, 0.3) is 22.2 Å². The van der Waals surface area contributed by atoms with E-state index < -0.39 is 0 Å². The molecular weight excluding hydrogens is 232 g/mol. The zero-order valence-corrected chi connectivity index (χ0v) is 11.1. The molecule has 0 saturated carbocycles. The number of rotatable bonds is 2. The summed E-state index contributed by atoms with van der Waals surface area (Å²) in [6.07, 6.45) is 0. The molecule has 0 aliphatic heterocycles. The number of benzene rings is 2. The van der Waals surface area contributed by atoms with E-state index in [1.165, 1.54) is 10.9 Å². The van der Waals surface area contributed by atoms with Gasteiger partial charge in [0.25, 0.3) is 0 Å². The van der Waals surface area contributed by atoms with Gasteiger partial charge in [-0.1, -0.05) is 29.8 Å². The summed E-state index contributed by atoms with van der Waals surface area (Å²) >= 11 is 0. The Morgan fingerprint density at radius 2 is 1.68 bits per heavy atom. The molecule has 0 unspecified atom stereocenters. The normalized spacial score (nSPS) is 10.6. The van der Waals surface area contributed by atoms with Crippen molar-refractivity contribution < 1.29 is 0 Å². The van der Waals surface area contributed by atoms with Gasteiger partial charge in [0.2, 0.25) is 0 Å². The maximum Gasteiger partial charge on any atom is 0.0709 e. The summed E-state index contributed by atoms with van der Waals surface area (Å²) in [7, 11) is 1.92. The van der Waals surface area contributed by atoms with E-state index in [0.717, 1.165) is 22.5 Å². The van der Waals surface area contributed by atoms with E-state index in [2.05, 4.69) is 66.8 Å². The molecule has 3 rings (SSSR count). The predicted octanol–water partition coefficient (Wildman–Crippen LogP) is 4.25. The van der Waals surface area contributed by atoms with Crippen LogP contribution in [0.4, 0.5) is 5.69 Å². The molecule has 0 bridgehead atoms. The third-order valence-corrected chi connectivity index (χ3v) is 3.31. The van der Waals surface area contributed by atoms with Gasteiger partial charge < -0.3 is 5.32 Å². The lowest BCUT2D eigenvalue weighted by molar-refractivity contribution is 1.38. The minimum Gasteiger partial charge on any atom is -0.388 e. The van der Waals surface area contributed by atoms with Crippen molar-refractivity contribution in [3.05, 3.63) is 60.2 Å². The molecule has 2 nitrogen and oxygen atoms in total. The van der Waals surface area contributed by atoms with Gasteiger partial charge in [0.1, 0.15) is 0 Å². The third kappa shape index (κ3) is 2.29. The molecule has 19 heavy (non-hydrogen) atoms. The van der Waals surface area contributed by atoms with E-state index in [0.29, 0.717) is 0 Å². The highest BCUT2D eigenvalue weighted by Gasteiger charge is 2.01. The van der Waals surface area contributed by atoms with Crippen molar-refractivity contribution in [2.45, 2.75) is 6.92 Å². The van der Waals surface area contributed by atoms with Crippen LogP contribution < -0.4 is 5.32 Å². The summed E-state index contributed by atoms with van der Waals surface area (Å²) in [6, 6.07) is 18.9.